The van der Waals surface area contributed by atoms with Crippen molar-refractivity contribution in [2.45, 2.75) is 213 Å². The highest BCUT2D eigenvalue weighted by Gasteiger charge is 2.38. The summed E-state index contributed by atoms with van der Waals surface area (Å²) >= 11 is 0. The first-order valence-corrected chi connectivity index (χ1v) is 29.2. The first-order chi connectivity index (χ1) is 32.8. The summed E-state index contributed by atoms with van der Waals surface area (Å²) in [6, 6.07) is 31.9. The van der Waals surface area contributed by atoms with E-state index in [1.54, 1.807) is 0 Å². The van der Waals surface area contributed by atoms with Gasteiger partial charge < -0.3 is 9.47 Å². The van der Waals surface area contributed by atoms with Gasteiger partial charge in [0.25, 0.3) is 0 Å². The van der Waals surface area contributed by atoms with E-state index in [1.165, 1.54) is 147 Å². The van der Waals surface area contributed by atoms with Crippen LogP contribution in [0.25, 0.3) is 0 Å². The molecule has 9 heteroatoms. The summed E-state index contributed by atoms with van der Waals surface area (Å²) in [5.74, 6) is -1.39. The Hall–Kier alpha value is -3.92. The van der Waals surface area contributed by atoms with Gasteiger partial charge in [0.05, 0.1) is 29.2 Å². The maximum Gasteiger partial charge on any atom is 0.338 e. The molecule has 4 aromatic rings. The Morgan fingerprint density at radius 1 is 0.358 bits per heavy atom. The van der Waals surface area contributed by atoms with Crippen LogP contribution < -0.4 is 0 Å². The average molecular weight is 957 g/mol. The Morgan fingerprint density at radius 3 is 0.910 bits per heavy atom. The van der Waals surface area contributed by atoms with Crippen LogP contribution in [0.5, 0.6) is 0 Å². The molecule has 67 heavy (non-hydrogen) atoms. The second-order valence-corrected chi connectivity index (χ2v) is 22.7. The number of hydrogen-bond donors (Lipinski definition) is 0. The van der Waals surface area contributed by atoms with E-state index in [4.69, 9.17) is 13.1 Å². The van der Waals surface area contributed by atoms with Crippen LogP contribution in [0.4, 0.5) is 0 Å². The number of carbonyl (C=O) groups excluding carboxylic acids is 2. The van der Waals surface area contributed by atoms with E-state index < -0.39 is 32.4 Å². The van der Waals surface area contributed by atoms with E-state index in [0.717, 1.165) is 38.5 Å². The van der Waals surface area contributed by atoms with E-state index in [-0.39, 0.29) is 29.2 Å². The highest BCUT2D eigenvalue weighted by Crippen LogP contribution is 2.70. The van der Waals surface area contributed by atoms with Crippen molar-refractivity contribution in [3.8, 4) is 0 Å². The number of carbonyl (C=O) groups is 2. The molecular weight excluding hydrogens is 873 g/mol. The van der Waals surface area contributed by atoms with Crippen molar-refractivity contribution < 1.29 is 31.1 Å². The van der Waals surface area contributed by atoms with Crippen LogP contribution in [0.2, 0.25) is 0 Å². The molecule has 0 spiro atoms. The summed E-state index contributed by atoms with van der Waals surface area (Å²) in [6.45, 7) is 4.92. The summed E-state index contributed by atoms with van der Waals surface area (Å²) < 4.78 is 47.7. The molecule has 0 atom stereocenters. The third-order valence-corrected chi connectivity index (χ3v) is 17.7. The molecular formula is C58H84O7S2. The Balaban J connectivity index is 1.40. The van der Waals surface area contributed by atoms with Crippen LogP contribution >= 0.6 is 10.3 Å². The molecule has 4 rings (SSSR count). The van der Waals surface area contributed by atoms with Gasteiger partial charge in [-0.15, -0.1) is 0 Å². The molecule has 0 radical (unpaired) electrons. The molecule has 370 valence electrons. The van der Waals surface area contributed by atoms with Gasteiger partial charge in [0.2, 0.25) is 0 Å². The van der Waals surface area contributed by atoms with Gasteiger partial charge in [0, 0.05) is 14.7 Å². The Kier molecular flexibility index (Phi) is 27.9. The number of esters is 2. The largest absolute Gasteiger partial charge is 0.462 e. The molecule has 0 aliphatic rings. The zero-order valence-corrected chi connectivity index (χ0v) is 42.9. The van der Waals surface area contributed by atoms with E-state index in [9.17, 15) is 18.0 Å². The second-order valence-electron chi connectivity index (χ2n) is 18.2. The van der Waals surface area contributed by atoms with Gasteiger partial charge in [-0.3, -0.25) is 0 Å². The van der Waals surface area contributed by atoms with Crippen molar-refractivity contribution in [3.63, 3.8) is 0 Å². The molecule has 0 aliphatic carbocycles. The van der Waals surface area contributed by atoms with Crippen molar-refractivity contribution in [1.29, 1.82) is 0 Å². The minimum atomic E-state index is -4.65. The summed E-state index contributed by atoms with van der Waals surface area (Å²) in [5.41, 5.74) is -0.0866. The molecule has 0 aliphatic heterocycles. The molecule has 0 heterocycles. The summed E-state index contributed by atoms with van der Waals surface area (Å²) in [7, 11) is -7.56. The van der Waals surface area contributed by atoms with Gasteiger partial charge in [0.1, 0.15) is 0 Å². The minimum absolute atomic E-state index is 0.0433. The molecule has 0 amide bonds. The predicted octanol–water partition coefficient (Wildman–Crippen LogP) is 17.6. The summed E-state index contributed by atoms with van der Waals surface area (Å²) in [5, 5.41) is 0. The molecule has 0 N–H and O–H groups in total. The second kappa shape index (κ2) is 33.6. The monoisotopic (exact) mass is 957 g/mol. The van der Waals surface area contributed by atoms with Crippen molar-refractivity contribution in [1.82, 2.24) is 0 Å². The zero-order chi connectivity index (χ0) is 47.7. The maximum absolute atomic E-state index is 14.8. The Labute approximate surface area is 408 Å². The molecule has 0 bridgehead atoms. The summed E-state index contributed by atoms with van der Waals surface area (Å²) in [6.07, 6.45) is 34.1. The molecule has 0 saturated heterocycles. The lowest BCUT2D eigenvalue weighted by Gasteiger charge is -2.39. The highest BCUT2D eigenvalue weighted by molar-refractivity contribution is 8.33. The van der Waals surface area contributed by atoms with Crippen LogP contribution in [-0.2, 0) is 23.2 Å². The maximum atomic E-state index is 14.8. The van der Waals surface area contributed by atoms with Gasteiger partial charge in [-0.1, -0.05) is 235 Å². The van der Waals surface area contributed by atoms with Gasteiger partial charge in [-0.25, -0.2) is 13.2 Å². The smallest absolute Gasteiger partial charge is 0.338 e. The van der Waals surface area contributed by atoms with E-state index in [2.05, 4.69) is 13.8 Å². The molecule has 7 nitrogen and oxygen atoms in total. The lowest BCUT2D eigenvalue weighted by atomic mass is 10.0. The van der Waals surface area contributed by atoms with Gasteiger partial charge in [-0.05, 0) is 77.7 Å². The minimum Gasteiger partial charge on any atom is -0.462 e. The number of hydrogen-bond acceptors (Lipinski definition) is 7. The van der Waals surface area contributed by atoms with Crippen LogP contribution in [-0.4, -0.2) is 33.6 Å². The number of benzene rings is 4. The Bertz CT molecular complexity index is 1860. The van der Waals surface area contributed by atoms with E-state index >= 15 is 0 Å². The fourth-order valence-electron chi connectivity index (χ4n) is 8.60. The number of unbranched alkanes of at least 4 members (excludes halogenated alkanes) is 26. The quantitative estimate of drug-likeness (QED) is 0.0326. The van der Waals surface area contributed by atoms with Crippen molar-refractivity contribution >= 4 is 32.4 Å². The SMILES string of the molecule is CCCCCCCCCCCCCCCCOC(=O)c1cc(C(=O)OCCCCCCCCCCCCCCCC)cc(S(=O)(=O)OS(c2ccccc2)(c2ccccc2)c2ccccc2)c1. The van der Waals surface area contributed by atoms with Crippen LogP contribution in [0.3, 0.4) is 0 Å². The lowest BCUT2D eigenvalue weighted by Crippen LogP contribution is -2.17. The third kappa shape index (κ3) is 20.7. The lowest BCUT2D eigenvalue weighted by molar-refractivity contribution is 0.0495. The normalized spacial score (nSPS) is 12.0. The van der Waals surface area contributed by atoms with Gasteiger partial charge in [-0.2, -0.15) is 8.42 Å². The average Bonchev–Trinajstić information content (AvgIpc) is 3.36. The van der Waals surface area contributed by atoms with Crippen molar-refractivity contribution in [2.75, 3.05) is 13.2 Å². The molecule has 0 aromatic heterocycles. The van der Waals surface area contributed by atoms with E-state index in [0.29, 0.717) is 27.5 Å². The van der Waals surface area contributed by atoms with Crippen molar-refractivity contribution in [2.24, 2.45) is 0 Å². The predicted molar refractivity (Wildman–Crippen MR) is 278 cm³/mol. The van der Waals surface area contributed by atoms with Crippen LogP contribution in [0.1, 0.15) is 214 Å². The molecule has 4 aromatic carbocycles. The van der Waals surface area contributed by atoms with Gasteiger partial charge in [0.15, 0.2) is 0 Å². The zero-order valence-electron chi connectivity index (χ0n) is 41.3. The van der Waals surface area contributed by atoms with Crippen LogP contribution in [0, 0.1) is 0 Å². The first kappa shape index (κ1) is 55.7. The van der Waals surface area contributed by atoms with Gasteiger partial charge >= 0.3 is 22.1 Å². The number of ether oxygens (including phenoxy) is 2. The fourth-order valence-corrected chi connectivity index (χ4v) is 13.9. The topological polar surface area (TPSA) is 96.0 Å². The van der Waals surface area contributed by atoms with Crippen molar-refractivity contribution in [3.05, 3.63) is 120 Å². The molecule has 0 saturated carbocycles. The summed E-state index contributed by atoms with van der Waals surface area (Å²) in [4.78, 5) is 29.1. The number of rotatable bonds is 38. The first-order valence-electron chi connectivity index (χ1n) is 26.3. The van der Waals surface area contributed by atoms with Crippen LogP contribution in [0.15, 0.2) is 129 Å². The fraction of sp³-hybridized carbons (Fsp3) is 0.552. The Morgan fingerprint density at radius 2 is 0.627 bits per heavy atom. The third-order valence-electron chi connectivity index (χ3n) is 12.5. The molecule has 0 unspecified atom stereocenters. The van der Waals surface area contributed by atoms with E-state index in [1.807, 2.05) is 91.0 Å². The highest BCUT2D eigenvalue weighted by atomic mass is 32.3. The molecule has 0 fully saturated rings. The standard InChI is InChI=1S/C58H84O7S2/c1-3-5-7-9-11-13-15-17-19-21-23-25-27-38-46-63-57(59)51-48-52(58(60)64-47-39-28-26-24-22-20-18-16-14-12-10-8-6-4-2)50-56(49-51)67(61,62)65-66(53-40-32-29-33-41-53,54-42-34-30-35-43-54)55-44-36-31-37-45-55/h29-37,40-45,48-50H,3-28,38-39,46-47H2,1-2H3.